The molecule has 28 heavy (non-hydrogen) atoms. The molecular formula is C19H17BrClFN2O4. The molecule has 0 fully saturated rings. The number of halogens is 3. The fourth-order valence-corrected chi connectivity index (χ4v) is 3.12. The van der Waals surface area contributed by atoms with Gasteiger partial charge in [0.25, 0.3) is 0 Å². The van der Waals surface area contributed by atoms with Crippen molar-refractivity contribution in [2.24, 2.45) is 5.10 Å². The van der Waals surface area contributed by atoms with Gasteiger partial charge in [0, 0.05) is 0 Å². The quantitative estimate of drug-likeness (QED) is 0.360. The topological polar surface area (TPSA) is 77.0 Å². The number of hydrogen-bond donors (Lipinski definition) is 1. The van der Waals surface area contributed by atoms with Crippen LogP contribution in [0.4, 0.5) is 4.39 Å². The summed E-state index contributed by atoms with van der Waals surface area (Å²) in [5.41, 5.74) is 3.66. The van der Waals surface area contributed by atoms with Gasteiger partial charge in [-0.05, 0) is 58.2 Å². The summed E-state index contributed by atoms with van der Waals surface area (Å²) in [5.74, 6) is -0.908. The number of benzene rings is 2. The van der Waals surface area contributed by atoms with Crippen LogP contribution in [0.3, 0.4) is 0 Å². The molecule has 0 saturated carbocycles. The van der Waals surface area contributed by atoms with Crippen molar-refractivity contribution in [2.45, 2.75) is 13.3 Å². The Balaban J connectivity index is 1.93. The lowest BCUT2D eigenvalue weighted by Gasteiger charge is -2.10. The van der Waals surface area contributed by atoms with E-state index in [-0.39, 0.29) is 36.4 Å². The largest absolute Gasteiger partial charge is 0.479 e. The molecule has 0 unspecified atom stereocenters. The third-order valence-electron chi connectivity index (χ3n) is 3.34. The fraction of sp³-hybridized carbons (Fsp3) is 0.211. The highest BCUT2D eigenvalue weighted by molar-refractivity contribution is 9.10. The predicted octanol–water partition coefficient (Wildman–Crippen LogP) is 3.88. The van der Waals surface area contributed by atoms with Crippen molar-refractivity contribution in [3.05, 3.63) is 62.8 Å². The van der Waals surface area contributed by atoms with Crippen LogP contribution in [-0.4, -0.2) is 31.3 Å². The lowest BCUT2D eigenvalue weighted by Crippen LogP contribution is -2.19. The Hall–Kier alpha value is -2.45. The second kappa shape index (κ2) is 10.8. The van der Waals surface area contributed by atoms with Gasteiger partial charge >= 0.3 is 5.97 Å². The summed E-state index contributed by atoms with van der Waals surface area (Å²) in [6.07, 6.45) is 1.48. The molecule has 2 aromatic carbocycles. The van der Waals surface area contributed by atoms with Crippen molar-refractivity contribution < 1.29 is 23.5 Å². The Morgan fingerprint density at radius 2 is 2.00 bits per heavy atom. The van der Waals surface area contributed by atoms with E-state index < -0.39 is 5.97 Å². The van der Waals surface area contributed by atoms with E-state index in [1.807, 2.05) is 0 Å². The zero-order valence-corrected chi connectivity index (χ0v) is 17.2. The van der Waals surface area contributed by atoms with Gasteiger partial charge in [-0.3, -0.25) is 4.79 Å². The maximum Gasteiger partial charge on any atom is 0.344 e. The van der Waals surface area contributed by atoms with Crippen LogP contribution in [0.15, 0.2) is 46.0 Å². The third kappa shape index (κ3) is 6.94. The van der Waals surface area contributed by atoms with Crippen LogP contribution in [-0.2, 0) is 20.7 Å². The molecular weight excluding hydrogens is 455 g/mol. The molecule has 1 N–H and O–H groups in total. The molecule has 0 atom stereocenters. The second-order valence-electron chi connectivity index (χ2n) is 5.50. The van der Waals surface area contributed by atoms with E-state index in [2.05, 4.69) is 26.5 Å². The van der Waals surface area contributed by atoms with Crippen LogP contribution in [0.5, 0.6) is 5.75 Å². The second-order valence-corrected chi connectivity index (χ2v) is 6.77. The number of esters is 1. The molecule has 148 valence electrons. The minimum absolute atomic E-state index is 0.0721. The Morgan fingerprint density at radius 3 is 2.64 bits per heavy atom. The molecule has 0 aliphatic rings. The molecule has 0 saturated heterocycles. The summed E-state index contributed by atoms with van der Waals surface area (Å²) in [5, 5.41) is 4.13. The van der Waals surface area contributed by atoms with Crippen molar-refractivity contribution >= 4 is 45.6 Å². The van der Waals surface area contributed by atoms with Crippen molar-refractivity contribution in [1.29, 1.82) is 0 Å². The number of nitrogens with zero attached hydrogens (tertiary/aromatic N) is 1. The number of rotatable bonds is 8. The lowest BCUT2D eigenvalue weighted by atomic mass is 10.1. The maximum atomic E-state index is 12.9. The van der Waals surface area contributed by atoms with Gasteiger partial charge in [-0.1, -0.05) is 23.7 Å². The van der Waals surface area contributed by atoms with Gasteiger partial charge in [-0.2, -0.15) is 5.10 Å². The van der Waals surface area contributed by atoms with Crippen LogP contribution >= 0.6 is 27.5 Å². The first-order valence-corrected chi connectivity index (χ1v) is 9.40. The van der Waals surface area contributed by atoms with E-state index in [0.29, 0.717) is 21.3 Å². The van der Waals surface area contributed by atoms with Crippen LogP contribution in [0.1, 0.15) is 18.1 Å². The summed E-state index contributed by atoms with van der Waals surface area (Å²) in [6, 6.07) is 8.88. The first kappa shape index (κ1) is 21.8. The van der Waals surface area contributed by atoms with E-state index in [4.69, 9.17) is 21.1 Å². The van der Waals surface area contributed by atoms with Crippen LogP contribution in [0.2, 0.25) is 5.02 Å². The zero-order valence-electron chi connectivity index (χ0n) is 14.9. The highest BCUT2D eigenvalue weighted by Gasteiger charge is 2.11. The van der Waals surface area contributed by atoms with Gasteiger partial charge in [-0.15, -0.1) is 0 Å². The number of carbonyl (C=O) groups is 2. The first-order valence-electron chi connectivity index (χ1n) is 8.23. The highest BCUT2D eigenvalue weighted by atomic mass is 79.9. The molecule has 1 amide bonds. The van der Waals surface area contributed by atoms with Crippen LogP contribution in [0.25, 0.3) is 0 Å². The van der Waals surface area contributed by atoms with Gasteiger partial charge in [0.05, 0.1) is 28.7 Å². The summed E-state index contributed by atoms with van der Waals surface area (Å²) in [7, 11) is 0. The molecule has 0 aliphatic heterocycles. The lowest BCUT2D eigenvalue weighted by molar-refractivity contribution is -0.145. The fourth-order valence-electron chi connectivity index (χ4n) is 2.13. The van der Waals surface area contributed by atoms with Gasteiger partial charge in [0.1, 0.15) is 5.82 Å². The molecule has 9 heteroatoms. The standard InChI is InChI=1S/C19H17BrClFN2O4/c1-2-27-18(26)11-28-19-15(20)7-13(8-16(19)21)10-23-24-17(25)9-12-3-5-14(22)6-4-12/h3-8,10H,2,9,11H2,1H3,(H,24,25)/b23-10+. The number of carbonyl (C=O) groups excluding carboxylic acids is 2. The zero-order chi connectivity index (χ0) is 20.5. The Bertz CT molecular complexity index is 852. The summed E-state index contributed by atoms with van der Waals surface area (Å²) < 4.78 is 23.5. The molecule has 0 bridgehead atoms. The smallest absolute Gasteiger partial charge is 0.344 e. The van der Waals surface area contributed by atoms with E-state index in [0.717, 1.165) is 0 Å². The van der Waals surface area contributed by atoms with Gasteiger partial charge in [-0.25, -0.2) is 14.6 Å². The summed E-state index contributed by atoms with van der Waals surface area (Å²) in [6.45, 7) is 1.70. The predicted molar refractivity (Wildman–Crippen MR) is 107 cm³/mol. The van der Waals surface area contributed by atoms with Crippen molar-refractivity contribution in [3.63, 3.8) is 0 Å². The van der Waals surface area contributed by atoms with Crippen LogP contribution < -0.4 is 10.2 Å². The monoisotopic (exact) mass is 470 g/mol. The molecule has 2 rings (SSSR count). The van der Waals surface area contributed by atoms with Crippen molar-refractivity contribution in [3.8, 4) is 5.75 Å². The SMILES string of the molecule is CCOC(=O)COc1c(Cl)cc(/C=N/NC(=O)Cc2ccc(F)cc2)cc1Br. The Labute approximate surface area is 174 Å². The minimum atomic E-state index is -0.500. The van der Waals surface area contributed by atoms with E-state index in [9.17, 15) is 14.0 Å². The molecule has 0 radical (unpaired) electrons. The van der Waals surface area contributed by atoms with E-state index in [1.165, 1.54) is 30.5 Å². The van der Waals surface area contributed by atoms with E-state index >= 15 is 0 Å². The summed E-state index contributed by atoms with van der Waals surface area (Å²) >= 11 is 9.49. The molecule has 0 heterocycles. The number of amides is 1. The normalized spacial score (nSPS) is 10.7. The number of hydrogen-bond acceptors (Lipinski definition) is 5. The third-order valence-corrected chi connectivity index (χ3v) is 4.21. The molecule has 2 aromatic rings. The molecule has 6 nitrogen and oxygen atoms in total. The highest BCUT2D eigenvalue weighted by Crippen LogP contribution is 2.34. The number of nitrogens with one attached hydrogen (secondary N) is 1. The molecule has 0 aliphatic carbocycles. The van der Waals surface area contributed by atoms with Crippen LogP contribution in [0, 0.1) is 5.82 Å². The number of hydrazone groups is 1. The average Bonchev–Trinajstić information content (AvgIpc) is 2.63. The van der Waals surface area contributed by atoms with Gasteiger partial charge in [0.2, 0.25) is 5.91 Å². The molecule has 0 spiro atoms. The molecule has 0 aromatic heterocycles. The Kier molecular flexibility index (Phi) is 8.41. The number of ether oxygens (including phenoxy) is 2. The maximum absolute atomic E-state index is 12.9. The van der Waals surface area contributed by atoms with Gasteiger partial charge in [0.15, 0.2) is 12.4 Å². The average molecular weight is 472 g/mol. The summed E-state index contributed by atoms with van der Waals surface area (Å²) in [4.78, 5) is 23.2. The first-order chi connectivity index (χ1) is 13.4. The van der Waals surface area contributed by atoms with E-state index in [1.54, 1.807) is 19.1 Å². The van der Waals surface area contributed by atoms with Gasteiger partial charge < -0.3 is 9.47 Å². The van der Waals surface area contributed by atoms with Crippen molar-refractivity contribution in [2.75, 3.05) is 13.2 Å². The van der Waals surface area contributed by atoms with Crippen molar-refractivity contribution in [1.82, 2.24) is 5.43 Å². The Morgan fingerprint density at radius 1 is 1.29 bits per heavy atom. The minimum Gasteiger partial charge on any atom is -0.479 e.